The quantitative estimate of drug-likeness (QED) is 0.438. The number of nitrogens with one attached hydrogen (secondary N) is 1. The Morgan fingerprint density at radius 2 is 2.40 bits per heavy atom. The summed E-state index contributed by atoms with van der Waals surface area (Å²) in [7, 11) is 0. The summed E-state index contributed by atoms with van der Waals surface area (Å²) in [6, 6.07) is 5.30. The lowest BCUT2D eigenvalue weighted by Gasteiger charge is -1.97. The largest absolute Gasteiger partial charge is 0.391 e. The van der Waals surface area contributed by atoms with E-state index in [2.05, 4.69) is 17.2 Å². The zero-order valence-electron chi connectivity index (χ0n) is 8.94. The maximum Gasteiger partial charge on any atom is 0.205 e. The molecule has 0 amide bonds. The number of ketones is 1. The number of nitrogens with zero attached hydrogens (tertiary/aromatic N) is 1. The van der Waals surface area contributed by atoms with E-state index >= 15 is 0 Å². The molecule has 0 saturated carbocycles. The number of pyridine rings is 1. The Kier molecular flexibility index (Phi) is 5.15. The lowest BCUT2D eigenvalue weighted by Crippen LogP contribution is -2.07. The summed E-state index contributed by atoms with van der Waals surface area (Å²) in [5.41, 5.74) is 0.478. The van der Waals surface area contributed by atoms with E-state index in [1.54, 1.807) is 30.6 Å². The van der Waals surface area contributed by atoms with Gasteiger partial charge in [0.15, 0.2) is 0 Å². The molecule has 15 heavy (non-hydrogen) atoms. The summed E-state index contributed by atoms with van der Waals surface area (Å²) < 4.78 is 0. The molecule has 1 heterocycles. The number of hydrogen-bond donors (Lipinski definition) is 1. The van der Waals surface area contributed by atoms with Crippen molar-refractivity contribution in [1.82, 2.24) is 10.3 Å². The van der Waals surface area contributed by atoms with E-state index in [1.165, 1.54) is 6.08 Å². The van der Waals surface area contributed by atoms with Crippen LogP contribution in [0.1, 0.15) is 30.3 Å². The number of unbranched alkanes of at least 4 members (excludes halogenated alkanes) is 1. The fourth-order valence-corrected chi connectivity index (χ4v) is 1.09. The highest BCUT2D eigenvalue weighted by Gasteiger charge is 1.99. The van der Waals surface area contributed by atoms with Gasteiger partial charge in [0.1, 0.15) is 5.69 Å². The maximum atomic E-state index is 11.5. The second-order valence-corrected chi connectivity index (χ2v) is 3.22. The van der Waals surface area contributed by atoms with E-state index in [-0.39, 0.29) is 5.78 Å². The minimum absolute atomic E-state index is 0.0698. The van der Waals surface area contributed by atoms with E-state index < -0.39 is 0 Å². The fourth-order valence-electron chi connectivity index (χ4n) is 1.09. The molecule has 1 N–H and O–H groups in total. The summed E-state index contributed by atoms with van der Waals surface area (Å²) in [5, 5.41) is 3.06. The zero-order chi connectivity index (χ0) is 10.9. The second-order valence-electron chi connectivity index (χ2n) is 3.22. The molecule has 0 bridgehead atoms. The third kappa shape index (κ3) is 4.40. The Hall–Kier alpha value is -1.64. The van der Waals surface area contributed by atoms with Crippen molar-refractivity contribution in [3.63, 3.8) is 0 Å². The molecule has 0 spiro atoms. The molecule has 0 saturated heterocycles. The number of carbonyl (C=O) groups excluding carboxylic acids is 1. The standard InChI is InChI=1S/C12H16N2O/c1-2-3-8-13-10-7-12(15)11-6-4-5-9-14-11/h4-7,9-10,13H,2-3,8H2,1H3/b10-7+. The molecular formula is C12H16N2O. The number of aromatic nitrogens is 1. The number of rotatable bonds is 6. The predicted molar refractivity (Wildman–Crippen MR) is 60.6 cm³/mol. The summed E-state index contributed by atoms with van der Waals surface area (Å²) in [4.78, 5) is 15.5. The number of carbonyl (C=O) groups is 1. The first-order valence-electron chi connectivity index (χ1n) is 5.20. The van der Waals surface area contributed by atoms with Crippen molar-refractivity contribution in [1.29, 1.82) is 0 Å². The average Bonchev–Trinajstić information content (AvgIpc) is 2.30. The van der Waals surface area contributed by atoms with Crippen LogP contribution in [-0.4, -0.2) is 17.3 Å². The maximum absolute atomic E-state index is 11.5. The highest BCUT2D eigenvalue weighted by atomic mass is 16.1. The van der Waals surface area contributed by atoms with E-state index in [1.807, 2.05) is 0 Å². The van der Waals surface area contributed by atoms with Gasteiger partial charge in [0, 0.05) is 25.0 Å². The van der Waals surface area contributed by atoms with E-state index in [0.717, 1.165) is 19.4 Å². The third-order valence-electron chi connectivity index (χ3n) is 1.94. The molecule has 80 valence electrons. The van der Waals surface area contributed by atoms with Gasteiger partial charge in [-0.1, -0.05) is 19.4 Å². The van der Waals surface area contributed by atoms with Gasteiger partial charge < -0.3 is 5.32 Å². The van der Waals surface area contributed by atoms with Crippen molar-refractivity contribution in [2.75, 3.05) is 6.54 Å². The van der Waals surface area contributed by atoms with Crippen LogP contribution in [0, 0.1) is 0 Å². The molecule has 1 aromatic rings. The first-order valence-corrected chi connectivity index (χ1v) is 5.20. The number of hydrogen-bond acceptors (Lipinski definition) is 3. The predicted octanol–water partition coefficient (Wildman–Crippen LogP) is 2.17. The molecule has 0 aliphatic rings. The van der Waals surface area contributed by atoms with Crippen molar-refractivity contribution in [3.05, 3.63) is 42.4 Å². The van der Waals surface area contributed by atoms with Crippen LogP contribution in [0.3, 0.4) is 0 Å². The topological polar surface area (TPSA) is 42.0 Å². The lowest BCUT2D eigenvalue weighted by molar-refractivity contribution is 0.104. The van der Waals surface area contributed by atoms with Crippen LogP contribution in [0.5, 0.6) is 0 Å². The molecule has 1 aromatic heterocycles. The highest BCUT2D eigenvalue weighted by Crippen LogP contribution is 1.95. The van der Waals surface area contributed by atoms with Gasteiger partial charge in [-0.25, -0.2) is 0 Å². The SMILES string of the molecule is CCCCN/C=C/C(=O)c1ccccn1. The highest BCUT2D eigenvalue weighted by molar-refractivity contribution is 6.02. The third-order valence-corrected chi connectivity index (χ3v) is 1.94. The molecule has 0 atom stereocenters. The van der Waals surface area contributed by atoms with Crippen LogP contribution in [0.25, 0.3) is 0 Å². The molecular weight excluding hydrogens is 188 g/mol. The van der Waals surface area contributed by atoms with Crippen LogP contribution in [0.15, 0.2) is 36.7 Å². The molecule has 3 heteroatoms. The minimum Gasteiger partial charge on any atom is -0.391 e. The first-order chi connectivity index (χ1) is 7.34. The van der Waals surface area contributed by atoms with Crippen LogP contribution >= 0.6 is 0 Å². The van der Waals surface area contributed by atoms with Crippen LogP contribution in [-0.2, 0) is 0 Å². The molecule has 0 fully saturated rings. The Morgan fingerprint density at radius 1 is 1.53 bits per heavy atom. The summed E-state index contributed by atoms with van der Waals surface area (Å²) in [6.07, 6.45) is 7.08. The van der Waals surface area contributed by atoms with Gasteiger partial charge in [-0.15, -0.1) is 0 Å². The molecule has 1 rings (SSSR count). The van der Waals surface area contributed by atoms with Crippen LogP contribution < -0.4 is 5.32 Å². The summed E-state index contributed by atoms with van der Waals surface area (Å²) in [5.74, 6) is -0.0698. The van der Waals surface area contributed by atoms with Crippen molar-refractivity contribution >= 4 is 5.78 Å². The molecule has 0 aliphatic heterocycles. The molecule has 0 aliphatic carbocycles. The Morgan fingerprint density at radius 3 is 3.07 bits per heavy atom. The second kappa shape index (κ2) is 6.76. The van der Waals surface area contributed by atoms with Gasteiger partial charge in [-0.3, -0.25) is 9.78 Å². The van der Waals surface area contributed by atoms with E-state index in [9.17, 15) is 4.79 Å². The van der Waals surface area contributed by atoms with Gasteiger partial charge in [-0.05, 0) is 18.6 Å². The Labute approximate surface area is 90.2 Å². The van der Waals surface area contributed by atoms with Gasteiger partial charge in [0.25, 0.3) is 0 Å². The molecule has 0 aromatic carbocycles. The van der Waals surface area contributed by atoms with Crippen molar-refractivity contribution in [2.24, 2.45) is 0 Å². The minimum atomic E-state index is -0.0698. The summed E-state index contributed by atoms with van der Waals surface area (Å²) in [6.45, 7) is 3.03. The van der Waals surface area contributed by atoms with Crippen molar-refractivity contribution in [2.45, 2.75) is 19.8 Å². The molecule has 0 unspecified atom stereocenters. The van der Waals surface area contributed by atoms with E-state index in [0.29, 0.717) is 5.69 Å². The lowest BCUT2D eigenvalue weighted by atomic mass is 10.2. The Balaban J connectivity index is 2.36. The van der Waals surface area contributed by atoms with Crippen LogP contribution in [0.2, 0.25) is 0 Å². The fraction of sp³-hybridized carbons (Fsp3) is 0.333. The monoisotopic (exact) mass is 204 g/mol. The normalized spacial score (nSPS) is 10.5. The molecule has 3 nitrogen and oxygen atoms in total. The van der Waals surface area contributed by atoms with Crippen molar-refractivity contribution in [3.8, 4) is 0 Å². The van der Waals surface area contributed by atoms with Gasteiger partial charge in [0.05, 0.1) is 0 Å². The van der Waals surface area contributed by atoms with E-state index in [4.69, 9.17) is 0 Å². The van der Waals surface area contributed by atoms with Gasteiger partial charge in [-0.2, -0.15) is 0 Å². The van der Waals surface area contributed by atoms with Crippen molar-refractivity contribution < 1.29 is 4.79 Å². The zero-order valence-corrected chi connectivity index (χ0v) is 8.94. The smallest absolute Gasteiger partial charge is 0.205 e. The Bertz CT molecular complexity index is 320. The summed E-state index contributed by atoms with van der Waals surface area (Å²) >= 11 is 0. The van der Waals surface area contributed by atoms with Gasteiger partial charge in [0.2, 0.25) is 5.78 Å². The average molecular weight is 204 g/mol. The first kappa shape index (κ1) is 11.4. The van der Waals surface area contributed by atoms with Gasteiger partial charge >= 0.3 is 0 Å². The molecule has 0 radical (unpaired) electrons. The number of allylic oxidation sites excluding steroid dienone is 1. The van der Waals surface area contributed by atoms with Crippen LogP contribution in [0.4, 0.5) is 0 Å².